The highest BCUT2D eigenvalue weighted by Crippen LogP contribution is 2.16. The number of rotatable bonds is 2. The quantitative estimate of drug-likeness (QED) is 0.799. The predicted molar refractivity (Wildman–Crippen MR) is 59.1 cm³/mol. The minimum atomic E-state index is -1.14. The molecule has 0 saturated carbocycles. The molecule has 1 N–H and O–H groups in total. The molecule has 1 aliphatic rings. The van der Waals surface area contributed by atoms with Crippen LogP contribution in [0.25, 0.3) is 0 Å². The summed E-state index contributed by atoms with van der Waals surface area (Å²) in [5.41, 5.74) is 0.214. The van der Waals surface area contributed by atoms with E-state index in [0.29, 0.717) is 12.6 Å². The van der Waals surface area contributed by atoms with Gasteiger partial charge in [0.05, 0.1) is 0 Å². The van der Waals surface area contributed by atoms with E-state index in [1.54, 1.807) is 0 Å². The van der Waals surface area contributed by atoms with E-state index in [1.807, 2.05) is 4.90 Å². The van der Waals surface area contributed by atoms with Gasteiger partial charge in [-0.15, -0.1) is 0 Å². The van der Waals surface area contributed by atoms with Crippen molar-refractivity contribution in [1.29, 1.82) is 0 Å². The number of halogens is 3. The number of hydrogen-bond donors (Lipinski definition) is 1. The smallest absolute Gasteiger partial charge is 0.161 e. The lowest BCUT2D eigenvalue weighted by Gasteiger charge is -2.19. The molecule has 17 heavy (non-hydrogen) atoms. The lowest BCUT2D eigenvalue weighted by Crippen LogP contribution is -2.28. The highest BCUT2D eigenvalue weighted by Gasteiger charge is 2.14. The largest absolute Gasteiger partial charge is 0.315 e. The number of benzene rings is 1. The van der Waals surface area contributed by atoms with Crippen LogP contribution in [0.3, 0.4) is 0 Å². The summed E-state index contributed by atoms with van der Waals surface area (Å²) < 4.78 is 39.2. The molecule has 5 heteroatoms. The third-order valence-electron chi connectivity index (χ3n) is 2.92. The fourth-order valence-corrected chi connectivity index (χ4v) is 1.99. The van der Waals surface area contributed by atoms with Gasteiger partial charge in [0.15, 0.2) is 11.6 Å². The van der Waals surface area contributed by atoms with Gasteiger partial charge in [-0.3, -0.25) is 4.90 Å². The molecule has 0 unspecified atom stereocenters. The molecule has 0 aromatic heterocycles. The lowest BCUT2D eigenvalue weighted by molar-refractivity contribution is 0.279. The second-order valence-corrected chi connectivity index (χ2v) is 4.24. The molecule has 1 heterocycles. The van der Waals surface area contributed by atoms with Crippen LogP contribution in [0.1, 0.15) is 12.0 Å². The van der Waals surface area contributed by atoms with Gasteiger partial charge in [0.1, 0.15) is 5.82 Å². The van der Waals surface area contributed by atoms with Crippen LogP contribution in [-0.4, -0.2) is 31.1 Å². The number of nitrogens with zero attached hydrogens (tertiary/aromatic N) is 1. The van der Waals surface area contributed by atoms with Crippen LogP contribution in [0.4, 0.5) is 13.2 Å². The first kappa shape index (κ1) is 12.4. The first-order chi connectivity index (χ1) is 8.16. The number of nitrogens with one attached hydrogen (secondary N) is 1. The zero-order valence-corrected chi connectivity index (χ0v) is 9.48. The van der Waals surface area contributed by atoms with E-state index in [2.05, 4.69) is 5.32 Å². The van der Waals surface area contributed by atoms with Crippen molar-refractivity contribution in [3.63, 3.8) is 0 Å². The maximum atomic E-state index is 13.4. The second kappa shape index (κ2) is 5.51. The van der Waals surface area contributed by atoms with Gasteiger partial charge in [0, 0.05) is 31.3 Å². The van der Waals surface area contributed by atoms with Crippen molar-refractivity contribution in [3.05, 3.63) is 35.1 Å². The third-order valence-corrected chi connectivity index (χ3v) is 2.92. The Hall–Kier alpha value is -1.07. The molecule has 1 saturated heterocycles. The topological polar surface area (TPSA) is 15.3 Å². The Labute approximate surface area is 98.4 Å². The van der Waals surface area contributed by atoms with E-state index < -0.39 is 17.5 Å². The fraction of sp³-hybridized carbons (Fsp3) is 0.500. The van der Waals surface area contributed by atoms with E-state index in [0.717, 1.165) is 38.7 Å². The molecule has 1 aromatic rings. The maximum absolute atomic E-state index is 13.4. The first-order valence-corrected chi connectivity index (χ1v) is 5.73. The highest BCUT2D eigenvalue weighted by atomic mass is 19.2. The van der Waals surface area contributed by atoms with Gasteiger partial charge in [-0.1, -0.05) is 0 Å². The summed E-state index contributed by atoms with van der Waals surface area (Å²) in [5.74, 6) is -2.81. The van der Waals surface area contributed by atoms with E-state index in [-0.39, 0.29) is 5.56 Å². The van der Waals surface area contributed by atoms with Gasteiger partial charge in [-0.05, 0) is 25.6 Å². The average molecular weight is 244 g/mol. The SMILES string of the molecule is Fc1cc(F)c(CN2CCCNCC2)cc1F. The Balaban J connectivity index is 2.09. The second-order valence-electron chi connectivity index (χ2n) is 4.24. The monoisotopic (exact) mass is 244 g/mol. The molecule has 2 rings (SSSR count). The van der Waals surface area contributed by atoms with Crippen molar-refractivity contribution in [2.45, 2.75) is 13.0 Å². The average Bonchev–Trinajstić information content (AvgIpc) is 2.54. The summed E-state index contributed by atoms with van der Waals surface area (Å²) in [7, 11) is 0. The molecule has 0 aliphatic carbocycles. The fourth-order valence-electron chi connectivity index (χ4n) is 1.99. The van der Waals surface area contributed by atoms with Crippen LogP contribution in [-0.2, 0) is 6.54 Å². The van der Waals surface area contributed by atoms with Crippen molar-refractivity contribution in [3.8, 4) is 0 Å². The standard InChI is InChI=1S/C12H15F3N2/c13-10-7-12(15)11(14)6-9(10)8-17-4-1-2-16-3-5-17/h6-7,16H,1-5,8H2. The number of hydrogen-bond acceptors (Lipinski definition) is 2. The molecule has 2 nitrogen and oxygen atoms in total. The summed E-state index contributed by atoms with van der Waals surface area (Å²) >= 11 is 0. The van der Waals surface area contributed by atoms with Crippen molar-refractivity contribution in [1.82, 2.24) is 10.2 Å². The first-order valence-electron chi connectivity index (χ1n) is 5.73. The minimum absolute atomic E-state index is 0.214. The molecule has 0 bridgehead atoms. The summed E-state index contributed by atoms with van der Waals surface area (Å²) in [6.07, 6.45) is 0.977. The normalized spacial score (nSPS) is 18.1. The van der Waals surface area contributed by atoms with E-state index in [9.17, 15) is 13.2 Å². The molecule has 1 aliphatic heterocycles. The zero-order valence-electron chi connectivity index (χ0n) is 9.48. The molecular weight excluding hydrogens is 229 g/mol. The summed E-state index contributed by atoms with van der Waals surface area (Å²) in [5, 5.41) is 3.23. The molecule has 1 aromatic carbocycles. The summed E-state index contributed by atoms with van der Waals surface area (Å²) in [6, 6.07) is 1.56. The van der Waals surface area contributed by atoms with E-state index in [1.165, 1.54) is 0 Å². The van der Waals surface area contributed by atoms with Crippen molar-refractivity contribution in [2.75, 3.05) is 26.2 Å². The van der Waals surface area contributed by atoms with Crippen LogP contribution in [0.2, 0.25) is 0 Å². The molecule has 0 amide bonds. The Bertz CT molecular complexity index is 388. The van der Waals surface area contributed by atoms with Crippen LogP contribution >= 0.6 is 0 Å². The van der Waals surface area contributed by atoms with Crippen LogP contribution < -0.4 is 5.32 Å². The van der Waals surface area contributed by atoms with E-state index in [4.69, 9.17) is 0 Å². The van der Waals surface area contributed by atoms with Gasteiger partial charge < -0.3 is 5.32 Å². The van der Waals surface area contributed by atoms with E-state index >= 15 is 0 Å². The minimum Gasteiger partial charge on any atom is -0.315 e. The molecular formula is C12H15F3N2. The lowest BCUT2D eigenvalue weighted by atomic mass is 10.2. The molecule has 1 fully saturated rings. The molecule has 0 spiro atoms. The van der Waals surface area contributed by atoms with Crippen LogP contribution in [0, 0.1) is 17.5 Å². The highest BCUT2D eigenvalue weighted by molar-refractivity contribution is 5.20. The summed E-state index contributed by atoms with van der Waals surface area (Å²) in [4.78, 5) is 2.04. The van der Waals surface area contributed by atoms with Crippen molar-refractivity contribution < 1.29 is 13.2 Å². The summed E-state index contributed by atoms with van der Waals surface area (Å²) in [6.45, 7) is 3.73. The Kier molecular flexibility index (Phi) is 4.02. The van der Waals surface area contributed by atoms with Gasteiger partial charge in [0.2, 0.25) is 0 Å². The Morgan fingerprint density at radius 2 is 1.76 bits per heavy atom. The molecule has 94 valence electrons. The van der Waals surface area contributed by atoms with Gasteiger partial charge >= 0.3 is 0 Å². The third kappa shape index (κ3) is 3.20. The maximum Gasteiger partial charge on any atom is 0.161 e. The van der Waals surface area contributed by atoms with Gasteiger partial charge in [0.25, 0.3) is 0 Å². The molecule has 0 radical (unpaired) electrons. The Morgan fingerprint density at radius 3 is 2.59 bits per heavy atom. The van der Waals surface area contributed by atoms with Crippen molar-refractivity contribution in [2.24, 2.45) is 0 Å². The predicted octanol–water partition coefficient (Wildman–Crippen LogP) is 1.90. The molecule has 0 atom stereocenters. The Morgan fingerprint density at radius 1 is 1.00 bits per heavy atom. The zero-order chi connectivity index (χ0) is 12.3. The van der Waals surface area contributed by atoms with Crippen LogP contribution in [0.15, 0.2) is 12.1 Å². The van der Waals surface area contributed by atoms with Crippen molar-refractivity contribution >= 4 is 0 Å². The van der Waals surface area contributed by atoms with Gasteiger partial charge in [-0.25, -0.2) is 13.2 Å². The van der Waals surface area contributed by atoms with Crippen LogP contribution in [0.5, 0.6) is 0 Å². The van der Waals surface area contributed by atoms with Gasteiger partial charge in [-0.2, -0.15) is 0 Å².